The molecule has 4 heteroatoms. The van der Waals surface area contributed by atoms with Gasteiger partial charge in [-0.05, 0) is 19.1 Å². The van der Waals surface area contributed by atoms with Gasteiger partial charge in [-0.2, -0.15) is 0 Å². The Morgan fingerprint density at radius 3 is 2.86 bits per heavy atom. The van der Waals surface area contributed by atoms with E-state index < -0.39 is 0 Å². The van der Waals surface area contributed by atoms with Gasteiger partial charge in [-0.3, -0.25) is 9.59 Å². The zero-order chi connectivity index (χ0) is 10.6. The van der Waals surface area contributed by atoms with E-state index in [1.165, 1.54) is 13.0 Å². The maximum atomic E-state index is 11.4. The zero-order valence-electron chi connectivity index (χ0n) is 8.41. The molecule has 0 aliphatic carbocycles. The number of carbonyl (C=O) groups excluding carboxylic acids is 2. The van der Waals surface area contributed by atoms with Gasteiger partial charge in [0.1, 0.15) is 0 Å². The van der Waals surface area contributed by atoms with Crippen molar-refractivity contribution in [2.45, 2.75) is 13.8 Å². The molecule has 1 aliphatic rings. The van der Waals surface area contributed by atoms with Crippen LogP contribution in [0.2, 0.25) is 0 Å². The van der Waals surface area contributed by atoms with Crippen molar-refractivity contribution >= 4 is 11.8 Å². The predicted molar refractivity (Wildman–Crippen MR) is 53.3 cm³/mol. The first-order valence-corrected chi connectivity index (χ1v) is 4.58. The van der Waals surface area contributed by atoms with Crippen molar-refractivity contribution < 1.29 is 9.59 Å². The lowest BCUT2D eigenvalue weighted by Crippen LogP contribution is -2.28. The van der Waals surface area contributed by atoms with Crippen LogP contribution >= 0.6 is 0 Å². The molecule has 14 heavy (non-hydrogen) atoms. The normalized spacial score (nSPS) is 16.3. The minimum Gasteiger partial charge on any atom is -0.336 e. The van der Waals surface area contributed by atoms with Gasteiger partial charge in [0.15, 0.2) is 0 Å². The smallest absolute Gasteiger partial charge is 0.246 e. The number of amides is 2. The van der Waals surface area contributed by atoms with Gasteiger partial charge < -0.3 is 10.2 Å². The van der Waals surface area contributed by atoms with E-state index in [0.717, 1.165) is 0 Å². The number of allylic oxidation sites excluding steroid dienone is 1. The Balaban J connectivity index is 2.72. The monoisotopic (exact) mass is 194 g/mol. The van der Waals surface area contributed by atoms with Crippen LogP contribution in [0.25, 0.3) is 0 Å². The molecule has 0 bridgehead atoms. The van der Waals surface area contributed by atoms with Crippen LogP contribution in [0.5, 0.6) is 0 Å². The Kier molecular flexibility index (Phi) is 3.45. The van der Waals surface area contributed by atoms with Crippen LogP contribution in [0.1, 0.15) is 13.8 Å². The minimum atomic E-state index is -0.127. The van der Waals surface area contributed by atoms with E-state index in [0.29, 0.717) is 18.8 Å². The highest BCUT2D eigenvalue weighted by molar-refractivity contribution is 5.89. The number of nitrogens with zero attached hydrogens (tertiary/aromatic N) is 1. The van der Waals surface area contributed by atoms with Gasteiger partial charge >= 0.3 is 0 Å². The third-order valence-corrected chi connectivity index (χ3v) is 1.95. The fourth-order valence-electron chi connectivity index (χ4n) is 1.21. The van der Waals surface area contributed by atoms with Crippen LogP contribution in [-0.2, 0) is 9.59 Å². The first-order valence-electron chi connectivity index (χ1n) is 4.58. The molecule has 1 N–H and O–H groups in total. The molecule has 0 spiro atoms. The number of likely N-dealkylation sites (N-methyl/N-ethyl adjacent to an activating group) is 1. The van der Waals surface area contributed by atoms with Crippen molar-refractivity contribution in [1.29, 1.82) is 0 Å². The van der Waals surface area contributed by atoms with Crippen molar-refractivity contribution in [2.24, 2.45) is 0 Å². The first kappa shape index (κ1) is 10.5. The van der Waals surface area contributed by atoms with Gasteiger partial charge in [0.05, 0.1) is 0 Å². The summed E-state index contributed by atoms with van der Waals surface area (Å²) in [4.78, 5) is 23.8. The SMILES string of the molecule is CCN1CC=C(NC(C)=O)C=CC1=O. The lowest BCUT2D eigenvalue weighted by Gasteiger charge is -2.15. The molecule has 0 fully saturated rings. The molecule has 0 aromatic rings. The van der Waals surface area contributed by atoms with Gasteiger partial charge in [-0.25, -0.2) is 0 Å². The molecule has 76 valence electrons. The van der Waals surface area contributed by atoms with Crippen molar-refractivity contribution in [2.75, 3.05) is 13.1 Å². The average Bonchev–Trinajstić information content (AvgIpc) is 2.28. The van der Waals surface area contributed by atoms with E-state index in [1.807, 2.05) is 13.0 Å². The summed E-state index contributed by atoms with van der Waals surface area (Å²) in [6, 6.07) is 0. The quantitative estimate of drug-likeness (QED) is 0.692. The van der Waals surface area contributed by atoms with Crippen LogP contribution in [0, 0.1) is 0 Å². The van der Waals surface area contributed by atoms with Crippen LogP contribution < -0.4 is 5.32 Å². The van der Waals surface area contributed by atoms with E-state index in [9.17, 15) is 9.59 Å². The summed E-state index contributed by atoms with van der Waals surface area (Å²) >= 11 is 0. The lowest BCUT2D eigenvalue weighted by molar-refractivity contribution is -0.125. The maximum absolute atomic E-state index is 11.4. The first-order chi connectivity index (χ1) is 6.63. The molecule has 1 rings (SSSR count). The molecule has 4 nitrogen and oxygen atoms in total. The third-order valence-electron chi connectivity index (χ3n) is 1.95. The van der Waals surface area contributed by atoms with Crippen LogP contribution in [0.15, 0.2) is 23.9 Å². The van der Waals surface area contributed by atoms with Gasteiger partial charge in [0.2, 0.25) is 11.8 Å². The summed E-state index contributed by atoms with van der Waals surface area (Å²) < 4.78 is 0. The summed E-state index contributed by atoms with van der Waals surface area (Å²) in [6.45, 7) is 4.58. The fraction of sp³-hybridized carbons (Fsp3) is 0.400. The molecule has 0 saturated heterocycles. The Hall–Kier alpha value is -1.58. The Morgan fingerprint density at radius 1 is 1.57 bits per heavy atom. The summed E-state index contributed by atoms with van der Waals surface area (Å²) in [5.74, 6) is -0.151. The summed E-state index contributed by atoms with van der Waals surface area (Å²) in [7, 11) is 0. The van der Waals surface area contributed by atoms with Crippen LogP contribution in [-0.4, -0.2) is 29.8 Å². The van der Waals surface area contributed by atoms with Gasteiger partial charge in [0.25, 0.3) is 0 Å². The highest BCUT2D eigenvalue weighted by atomic mass is 16.2. The summed E-state index contributed by atoms with van der Waals surface area (Å²) in [6.07, 6.45) is 4.92. The van der Waals surface area contributed by atoms with Crippen LogP contribution in [0.3, 0.4) is 0 Å². The molecule has 0 radical (unpaired) electrons. The lowest BCUT2D eigenvalue weighted by atomic mass is 10.3. The number of nitrogens with one attached hydrogen (secondary N) is 1. The van der Waals surface area contributed by atoms with Crippen LogP contribution in [0.4, 0.5) is 0 Å². The number of hydrogen-bond donors (Lipinski definition) is 1. The number of hydrogen-bond acceptors (Lipinski definition) is 2. The van der Waals surface area contributed by atoms with E-state index in [1.54, 1.807) is 11.0 Å². The molecule has 0 atom stereocenters. The predicted octanol–water partition coefficient (Wildman–Crippen LogP) is 0.425. The largest absolute Gasteiger partial charge is 0.336 e. The van der Waals surface area contributed by atoms with E-state index in [-0.39, 0.29) is 11.8 Å². The molecule has 1 heterocycles. The average molecular weight is 194 g/mol. The highest BCUT2D eigenvalue weighted by Crippen LogP contribution is 2.02. The third kappa shape index (κ3) is 2.73. The number of carbonyl (C=O) groups is 2. The molecule has 0 aromatic heterocycles. The molecule has 0 unspecified atom stereocenters. The van der Waals surface area contributed by atoms with Gasteiger partial charge in [-0.1, -0.05) is 0 Å². The fourth-order valence-corrected chi connectivity index (χ4v) is 1.21. The van der Waals surface area contributed by atoms with E-state index in [2.05, 4.69) is 5.32 Å². The Bertz CT molecular complexity index is 305. The van der Waals surface area contributed by atoms with Crippen molar-refractivity contribution in [1.82, 2.24) is 10.2 Å². The molecule has 2 amide bonds. The molecular weight excluding hydrogens is 180 g/mol. The standard InChI is InChI=1S/C10H14N2O2/c1-3-12-7-6-9(11-8(2)13)4-5-10(12)14/h4-6H,3,7H2,1-2H3,(H,11,13). The van der Waals surface area contributed by atoms with Gasteiger partial charge in [-0.15, -0.1) is 0 Å². The minimum absolute atomic E-state index is 0.0240. The molecule has 0 aromatic carbocycles. The van der Waals surface area contributed by atoms with Gasteiger partial charge in [0, 0.05) is 31.8 Å². The Morgan fingerprint density at radius 2 is 2.29 bits per heavy atom. The summed E-state index contributed by atoms with van der Waals surface area (Å²) in [5.41, 5.74) is 0.682. The number of rotatable bonds is 2. The second-order valence-electron chi connectivity index (χ2n) is 3.05. The second kappa shape index (κ2) is 4.60. The molecule has 1 aliphatic heterocycles. The molecular formula is C10H14N2O2. The van der Waals surface area contributed by atoms with Crippen molar-refractivity contribution in [3.8, 4) is 0 Å². The topological polar surface area (TPSA) is 49.4 Å². The maximum Gasteiger partial charge on any atom is 0.246 e. The van der Waals surface area contributed by atoms with E-state index >= 15 is 0 Å². The Labute approximate surface area is 83.3 Å². The highest BCUT2D eigenvalue weighted by Gasteiger charge is 2.10. The summed E-state index contributed by atoms with van der Waals surface area (Å²) in [5, 5.41) is 2.64. The van der Waals surface area contributed by atoms with E-state index in [4.69, 9.17) is 0 Å². The van der Waals surface area contributed by atoms with Crippen molar-refractivity contribution in [3.63, 3.8) is 0 Å². The zero-order valence-corrected chi connectivity index (χ0v) is 8.41. The molecule has 0 saturated carbocycles. The van der Waals surface area contributed by atoms with Crippen molar-refractivity contribution in [3.05, 3.63) is 23.9 Å². The second-order valence-corrected chi connectivity index (χ2v) is 3.05.